The molecule has 0 aromatic rings. The Bertz CT molecular complexity index is 412. The molecule has 0 heterocycles. The van der Waals surface area contributed by atoms with Crippen LogP contribution in [0.4, 0.5) is 0 Å². The van der Waals surface area contributed by atoms with Crippen molar-refractivity contribution in [2.24, 2.45) is 28.6 Å². The summed E-state index contributed by atoms with van der Waals surface area (Å²) in [6.45, 7) is 6.21. The monoisotopic (exact) mass is 280 g/mol. The minimum absolute atomic E-state index is 0.162. The molecule has 4 bridgehead atoms. The van der Waals surface area contributed by atoms with Crippen LogP contribution in [0.2, 0.25) is 0 Å². The molecule has 4 rings (SSSR count). The highest BCUT2D eigenvalue weighted by Crippen LogP contribution is 2.69. The molecule has 0 aromatic heterocycles. The van der Waals surface area contributed by atoms with Crippen molar-refractivity contribution in [3.63, 3.8) is 0 Å². The normalized spacial score (nSPS) is 47.0. The van der Waals surface area contributed by atoms with Crippen LogP contribution in [0.15, 0.2) is 0 Å². The van der Waals surface area contributed by atoms with Gasteiger partial charge in [0, 0.05) is 5.41 Å². The number of hydrogen-bond acceptors (Lipinski definition) is 2. The fraction of sp³-hybridized carbons (Fsp3) is 0.941. The number of carbonyl (C=O) groups is 1. The number of aliphatic carboxylic acids is 1. The lowest BCUT2D eigenvalue weighted by Gasteiger charge is -2.65. The third kappa shape index (κ3) is 1.71. The van der Waals surface area contributed by atoms with Crippen molar-refractivity contribution < 1.29 is 15.0 Å². The highest BCUT2D eigenvalue weighted by Gasteiger charge is 2.66. The lowest BCUT2D eigenvalue weighted by molar-refractivity contribution is -0.222. The van der Waals surface area contributed by atoms with Gasteiger partial charge in [-0.25, -0.2) is 0 Å². The Morgan fingerprint density at radius 2 is 1.85 bits per heavy atom. The van der Waals surface area contributed by atoms with Crippen LogP contribution in [0.1, 0.15) is 65.7 Å². The summed E-state index contributed by atoms with van der Waals surface area (Å²) in [6.07, 6.45) is 6.59. The lowest BCUT2D eigenvalue weighted by atomic mass is 9.40. The van der Waals surface area contributed by atoms with Crippen LogP contribution in [0.25, 0.3) is 0 Å². The number of carboxylic acids is 1. The van der Waals surface area contributed by atoms with Gasteiger partial charge in [0.05, 0.1) is 11.0 Å². The predicted octanol–water partition coefficient (Wildman–Crippen LogP) is 3.45. The molecule has 3 nitrogen and oxygen atoms in total. The number of rotatable bonds is 4. The summed E-state index contributed by atoms with van der Waals surface area (Å²) < 4.78 is 0. The second kappa shape index (κ2) is 4.22. The van der Waals surface area contributed by atoms with Crippen molar-refractivity contribution in [1.82, 2.24) is 0 Å². The van der Waals surface area contributed by atoms with E-state index >= 15 is 0 Å². The summed E-state index contributed by atoms with van der Waals surface area (Å²) in [5.41, 5.74) is -1.44. The van der Waals surface area contributed by atoms with E-state index in [9.17, 15) is 15.0 Å². The highest BCUT2D eigenvalue weighted by atomic mass is 16.4. The van der Waals surface area contributed by atoms with E-state index in [1.54, 1.807) is 0 Å². The molecule has 0 radical (unpaired) electrons. The summed E-state index contributed by atoms with van der Waals surface area (Å²) in [4.78, 5) is 11.9. The molecule has 0 saturated heterocycles. The summed E-state index contributed by atoms with van der Waals surface area (Å²) in [6, 6.07) is 0. The maximum absolute atomic E-state index is 11.9. The molecule has 0 aromatic carbocycles. The minimum atomic E-state index is -0.736. The van der Waals surface area contributed by atoms with E-state index in [2.05, 4.69) is 13.8 Å². The van der Waals surface area contributed by atoms with Crippen molar-refractivity contribution >= 4 is 5.97 Å². The van der Waals surface area contributed by atoms with Gasteiger partial charge in [-0.2, -0.15) is 0 Å². The molecule has 4 saturated carbocycles. The maximum atomic E-state index is 11.9. The van der Waals surface area contributed by atoms with Crippen molar-refractivity contribution in [1.29, 1.82) is 0 Å². The van der Waals surface area contributed by atoms with Gasteiger partial charge >= 0.3 is 5.97 Å². The third-order valence-electron chi connectivity index (χ3n) is 7.16. The number of aliphatic hydroxyl groups is 1. The largest absolute Gasteiger partial charge is 0.481 e. The van der Waals surface area contributed by atoms with Gasteiger partial charge < -0.3 is 10.2 Å². The van der Waals surface area contributed by atoms with Crippen LogP contribution < -0.4 is 0 Å². The molecule has 4 fully saturated rings. The fourth-order valence-electron chi connectivity index (χ4n) is 6.03. The van der Waals surface area contributed by atoms with Crippen molar-refractivity contribution in [3.8, 4) is 0 Å². The number of carboxylic acid groups (broad SMARTS) is 1. The second-order valence-electron chi connectivity index (χ2n) is 8.28. The van der Waals surface area contributed by atoms with E-state index in [1.807, 2.05) is 6.92 Å². The molecule has 0 aliphatic heterocycles. The van der Waals surface area contributed by atoms with E-state index in [4.69, 9.17) is 0 Å². The van der Waals surface area contributed by atoms with Gasteiger partial charge in [-0.05, 0) is 63.2 Å². The average Bonchev–Trinajstić information content (AvgIpc) is 2.35. The fourth-order valence-corrected chi connectivity index (χ4v) is 6.03. The van der Waals surface area contributed by atoms with Crippen molar-refractivity contribution in [3.05, 3.63) is 0 Å². The first-order valence-corrected chi connectivity index (χ1v) is 8.20. The molecule has 2 N–H and O–H groups in total. The van der Waals surface area contributed by atoms with E-state index in [0.717, 1.165) is 32.1 Å². The van der Waals surface area contributed by atoms with Crippen molar-refractivity contribution in [2.45, 2.75) is 71.3 Å². The van der Waals surface area contributed by atoms with Crippen LogP contribution in [0.3, 0.4) is 0 Å². The zero-order valence-corrected chi connectivity index (χ0v) is 13.0. The highest BCUT2D eigenvalue weighted by molar-refractivity contribution is 5.75. The van der Waals surface area contributed by atoms with Crippen LogP contribution in [-0.4, -0.2) is 21.8 Å². The standard InChI is InChI=1S/C17H28O3/c1-4-11(2)15(3,20)17-8-12-5-13(9-17)7-16(6-12,10-17)14(18)19/h11-13,20H,4-10H2,1-3H3,(H,18,19). The zero-order chi connectivity index (χ0) is 14.8. The van der Waals surface area contributed by atoms with Gasteiger partial charge in [0.2, 0.25) is 0 Å². The van der Waals surface area contributed by atoms with E-state index in [0.29, 0.717) is 18.3 Å². The first-order valence-electron chi connectivity index (χ1n) is 8.20. The molecule has 4 aliphatic rings. The van der Waals surface area contributed by atoms with Crippen LogP contribution in [0, 0.1) is 28.6 Å². The summed E-state index contributed by atoms with van der Waals surface area (Å²) in [5.74, 6) is 0.645. The van der Waals surface area contributed by atoms with Crippen LogP contribution in [-0.2, 0) is 4.79 Å². The average molecular weight is 280 g/mol. The second-order valence-corrected chi connectivity index (χ2v) is 8.28. The first kappa shape index (κ1) is 14.4. The number of hydrogen-bond donors (Lipinski definition) is 2. The SMILES string of the molecule is CCC(C)C(C)(O)C12CC3CC(CC(C(=O)O)(C3)C1)C2. The first-order chi connectivity index (χ1) is 9.25. The molecule has 0 spiro atoms. The Kier molecular flexibility index (Phi) is 3.03. The van der Waals surface area contributed by atoms with E-state index in [-0.39, 0.29) is 11.3 Å². The van der Waals surface area contributed by atoms with Gasteiger partial charge in [-0.15, -0.1) is 0 Å². The lowest BCUT2D eigenvalue weighted by Crippen LogP contribution is -2.63. The summed E-state index contributed by atoms with van der Waals surface area (Å²) >= 11 is 0. The Hall–Kier alpha value is -0.570. The minimum Gasteiger partial charge on any atom is -0.481 e. The third-order valence-corrected chi connectivity index (χ3v) is 7.16. The molecule has 3 heteroatoms. The molecule has 4 aliphatic carbocycles. The Balaban J connectivity index is 2.00. The maximum Gasteiger partial charge on any atom is 0.309 e. The Morgan fingerprint density at radius 1 is 1.30 bits per heavy atom. The molecule has 20 heavy (non-hydrogen) atoms. The molecular weight excluding hydrogens is 252 g/mol. The quantitative estimate of drug-likeness (QED) is 0.829. The van der Waals surface area contributed by atoms with Gasteiger partial charge in [0.15, 0.2) is 0 Å². The summed E-state index contributed by atoms with van der Waals surface area (Å²) in [7, 11) is 0. The van der Waals surface area contributed by atoms with E-state index in [1.165, 1.54) is 6.42 Å². The van der Waals surface area contributed by atoms with E-state index < -0.39 is 17.0 Å². The van der Waals surface area contributed by atoms with Crippen molar-refractivity contribution in [2.75, 3.05) is 0 Å². The summed E-state index contributed by atoms with van der Waals surface area (Å²) in [5, 5.41) is 21.0. The smallest absolute Gasteiger partial charge is 0.309 e. The molecular formula is C17H28O3. The molecule has 4 atom stereocenters. The molecule has 114 valence electrons. The molecule has 0 amide bonds. The topological polar surface area (TPSA) is 57.5 Å². The van der Waals surface area contributed by atoms with Crippen LogP contribution >= 0.6 is 0 Å². The van der Waals surface area contributed by atoms with Crippen LogP contribution in [0.5, 0.6) is 0 Å². The van der Waals surface area contributed by atoms with Gasteiger partial charge in [0.25, 0.3) is 0 Å². The Morgan fingerprint density at radius 3 is 2.30 bits per heavy atom. The predicted molar refractivity (Wildman–Crippen MR) is 77.3 cm³/mol. The Labute approximate surface area is 121 Å². The molecule has 4 unspecified atom stereocenters. The van der Waals surface area contributed by atoms with Gasteiger partial charge in [-0.3, -0.25) is 4.79 Å². The zero-order valence-electron chi connectivity index (χ0n) is 13.0. The van der Waals surface area contributed by atoms with Gasteiger partial charge in [-0.1, -0.05) is 20.3 Å². The van der Waals surface area contributed by atoms with Gasteiger partial charge in [0.1, 0.15) is 0 Å².